The molecule has 1 atom stereocenters. The molecular weight excluding hydrogens is 200 g/mol. The van der Waals surface area contributed by atoms with E-state index in [1.807, 2.05) is 0 Å². The lowest BCUT2D eigenvalue weighted by Crippen LogP contribution is -2.43. The standard InChI is InChI=1S/C11H15F2NO/c1-11(14,7-15-2)6-8-4-3-5-9(12)10(8)13/h3-5H,6-7,14H2,1-2H3. The van der Waals surface area contributed by atoms with E-state index in [1.165, 1.54) is 19.2 Å². The van der Waals surface area contributed by atoms with E-state index in [4.69, 9.17) is 10.5 Å². The van der Waals surface area contributed by atoms with Crippen LogP contribution in [0.15, 0.2) is 18.2 Å². The fourth-order valence-corrected chi connectivity index (χ4v) is 1.50. The van der Waals surface area contributed by atoms with Gasteiger partial charge in [0.15, 0.2) is 11.6 Å². The van der Waals surface area contributed by atoms with Gasteiger partial charge in [-0.1, -0.05) is 12.1 Å². The number of halogens is 2. The van der Waals surface area contributed by atoms with E-state index >= 15 is 0 Å². The number of benzene rings is 1. The monoisotopic (exact) mass is 215 g/mol. The highest BCUT2D eigenvalue weighted by Crippen LogP contribution is 2.16. The minimum atomic E-state index is -0.847. The lowest BCUT2D eigenvalue weighted by Gasteiger charge is -2.23. The van der Waals surface area contributed by atoms with Crippen molar-refractivity contribution >= 4 is 0 Å². The summed E-state index contributed by atoms with van der Waals surface area (Å²) in [4.78, 5) is 0. The fraction of sp³-hybridized carbons (Fsp3) is 0.455. The second kappa shape index (κ2) is 4.68. The minimum Gasteiger partial charge on any atom is -0.383 e. The summed E-state index contributed by atoms with van der Waals surface area (Å²) in [6, 6.07) is 4.08. The molecule has 0 heterocycles. The number of hydrogen-bond donors (Lipinski definition) is 1. The van der Waals surface area contributed by atoms with Gasteiger partial charge in [0.2, 0.25) is 0 Å². The molecule has 1 aromatic carbocycles. The summed E-state index contributed by atoms with van der Waals surface area (Å²) in [7, 11) is 1.52. The van der Waals surface area contributed by atoms with Gasteiger partial charge in [0, 0.05) is 12.6 Å². The SMILES string of the molecule is COCC(C)(N)Cc1cccc(F)c1F. The topological polar surface area (TPSA) is 35.2 Å². The molecule has 0 aliphatic heterocycles. The van der Waals surface area contributed by atoms with E-state index in [9.17, 15) is 8.78 Å². The van der Waals surface area contributed by atoms with Crippen LogP contribution in [0.2, 0.25) is 0 Å². The first-order valence-corrected chi connectivity index (χ1v) is 4.67. The molecule has 0 radical (unpaired) electrons. The molecule has 0 spiro atoms. The number of methoxy groups -OCH3 is 1. The first-order chi connectivity index (χ1) is 6.96. The molecule has 0 fully saturated rings. The smallest absolute Gasteiger partial charge is 0.162 e. The van der Waals surface area contributed by atoms with Crippen molar-refractivity contribution in [1.82, 2.24) is 0 Å². The van der Waals surface area contributed by atoms with E-state index in [2.05, 4.69) is 0 Å². The Morgan fingerprint density at radius 1 is 1.40 bits per heavy atom. The third kappa shape index (κ3) is 3.25. The predicted molar refractivity (Wildman–Crippen MR) is 54.5 cm³/mol. The molecule has 15 heavy (non-hydrogen) atoms. The van der Waals surface area contributed by atoms with Crippen LogP contribution in [-0.4, -0.2) is 19.3 Å². The quantitative estimate of drug-likeness (QED) is 0.832. The van der Waals surface area contributed by atoms with Gasteiger partial charge in [-0.25, -0.2) is 8.78 Å². The Labute approximate surface area is 88.0 Å². The average molecular weight is 215 g/mol. The Morgan fingerprint density at radius 3 is 2.67 bits per heavy atom. The molecule has 0 aromatic heterocycles. The highest BCUT2D eigenvalue weighted by molar-refractivity contribution is 5.21. The third-order valence-electron chi connectivity index (χ3n) is 2.10. The van der Waals surface area contributed by atoms with Crippen LogP contribution in [0, 0.1) is 11.6 Å². The Hall–Kier alpha value is -1.00. The predicted octanol–water partition coefficient (Wildman–Crippen LogP) is 1.87. The van der Waals surface area contributed by atoms with Crippen molar-refractivity contribution in [2.24, 2.45) is 5.73 Å². The van der Waals surface area contributed by atoms with E-state index in [-0.39, 0.29) is 12.0 Å². The molecule has 1 unspecified atom stereocenters. The van der Waals surface area contributed by atoms with Crippen LogP contribution >= 0.6 is 0 Å². The van der Waals surface area contributed by atoms with Gasteiger partial charge in [0.25, 0.3) is 0 Å². The van der Waals surface area contributed by atoms with Gasteiger partial charge in [0.05, 0.1) is 6.61 Å². The zero-order valence-electron chi connectivity index (χ0n) is 8.89. The summed E-state index contributed by atoms with van der Waals surface area (Å²) in [6.45, 7) is 2.03. The molecular formula is C11H15F2NO. The molecule has 2 nitrogen and oxygen atoms in total. The summed E-state index contributed by atoms with van der Waals surface area (Å²) >= 11 is 0. The largest absolute Gasteiger partial charge is 0.383 e. The van der Waals surface area contributed by atoms with Crippen molar-refractivity contribution in [2.75, 3.05) is 13.7 Å². The summed E-state index contributed by atoms with van der Waals surface area (Å²) in [5.41, 5.74) is 5.45. The maximum absolute atomic E-state index is 13.3. The van der Waals surface area contributed by atoms with Crippen molar-refractivity contribution in [3.05, 3.63) is 35.4 Å². The van der Waals surface area contributed by atoms with Crippen molar-refractivity contribution < 1.29 is 13.5 Å². The molecule has 4 heteroatoms. The second-order valence-corrected chi connectivity index (χ2v) is 3.98. The Bertz CT molecular complexity index is 339. The maximum atomic E-state index is 13.3. The van der Waals surface area contributed by atoms with Crippen LogP contribution in [0.1, 0.15) is 12.5 Å². The van der Waals surface area contributed by atoms with Crippen molar-refractivity contribution in [3.8, 4) is 0 Å². The molecule has 2 N–H and O–H groups in total. The van der Waals surface area contributed by atoms with E-state index in [0.717, 1.165) is 6.07 Å². The molecule has 1 aromatic rings. The summed E-state index contributed by atoms with van der Waals surface area (Å²) in [5.74, 6) is -1.68. The summed E-state index contributed by atoms with van der Waals surface area (Å²) in [6.07, 6.45) is 0.241. The number of ether oxygens (including phenoxy) is 1. The summed E-state index contributed by atoms with van der Waals surface area (Å²) < 4.78 is 31.1. The highest BCUT2D eigenvalue weighted by Gasteiger charge is 2.21. The normalized spacial score (nSPS) is 15.0. The van der Waals surface area contributed by atoms with Gasteiger partial charge in [-0.2, -0.15) is 0 Å². The van der Waals surface area contributed by atoms with Crippen LogP contribution in [-0.2, 0) is 11.2 Å². The van der Waals surface area contributed by atoms with Gasteiger partial charge >= 0.3 is 0 Å². The Kier molecular flexibility index (Phi) is 3.77. The Balaban J connectivity index is 2.85. The molecule has 0 amide bonds. The van der Waals surface area contributed by atoms with Crippen molar-refractivity contribution in [1.29, 1.82) is 0 Å². The zero-order valence-corrected chi connectivity index (χ0v) is 8.89. The lowest BCUT2D eigenvalue weighted by molar-refractivity contribution is 0.140. The van der Waals surface area contributed by atoms with Crippen LogP contribution < -0.4 is 5.73 Å². The molecule has 0 bridgehead atoms. The van der Waals surface area contributed by atoms with E-state index in [0.29, 0.717) is 6.61 Å². The highest BCUT2D eigenvalue weighted by atomic mass is 19.2. The molecule has 0 aliphatic carbocycles. The van der Waals surface area contributed by atoms with Gasteiger partial charge in [-0.05, 0) is 25.0 Å². The van der Waals surface area contributed by atoms with E-state index < -0.39 is 17.2 Å². The molecule has 0 saturated carbocycles. The van der Waals surface area contributed by atoms with Crippen LogP contribution in [0.25, 0.3) is 0 Å². The van der Waals surface area contributed by atoms with Gasteiger partial charge < -0.3 is 10.5 Å². The number of hydrogen-bond acceptors (Lipinski definition) is 2. The first-order valence-electron chi connectivity index (χ1n) is 4.67. The molecule has 1 rings (SSSR count). The second-order valence-electron chi connectivity index (χ2n) is 3.98. The molecule has 0 saturated heterocycles. The lowest BCUT2D eigenvalue weighted by atomic mass is 9.94. The van der Waals surface area contributed by atoms with E-state index in [1.54, 1.807) is 6.92 Å². The van der Waals surface area contributed by atoms with Gasteiger partial charge in [-0.15, -0.1) is 0 Å². The zero-order chi connectivity index (χ0) is 11.5. The molecule has 84 valence electrons. The van der Waals surface area contributed by atoms with Crippen LogP contribution in [0.3, 0.4) is 0 Å². The minimum absolute atomic E-state index is 0.241. The van der Waals surface area contributed by atoms with Gasteiger partial charge in [0.1, 0.15) is 0 Å². The first kappa shape index (κ1) is 12.1. The van der Waals surface area contributed by atoms with Crippen LogP contribution in [0.5, 0.6) is 0 Å². The molecule has 0 aliphatic rings. The number of nitrogens with two attached hydrogens (primary N) is 1. The van der Waals surface area contributed by atoms with Crippen molar-refractivity contribution in [3.63, 3.8) is 0 Å². The van der Waals surface area contributed by atoms with Crippen molar-refractivity contribution in [2.45, 2.75) is 18.9 Å². The number of rotatable bonds is 4. The van der Waals surface area contributed by atoms with Gasteiger partial charge in [-0.3, -0.25) is 0 Å². The Morgan fingerprint density at radius 2 is 2.07 bits per heavy atom. The summed E-state index contributed by atoms with van der Waals surface area (Å²) in [5, 5.41) is 0. The fourth-order valence-electron chi connectivity index (χ4n) is 1.50. The maximum Gasteiger partial charge on any atom is 0.162 e. The third-order valence-corrected chi connectivity index (χ3v) is 2.10. The average Bonchev–Trinajstić information content (AvgIpc) is 2.12. The van der Waals surface area contributed by atoms with Crippen LogP contribution in [0.4, 0.5) is 8.78 Å².